The van der Waals surface area contributed by atoms with Gasteiger partial charge >= 0.3 is 0 Å². The summed E-state index contributed by atoms with van der Waals surface area (Å²) >= 11 is 0. The van der Waals surface area contributed by atoms with Crippen molar-refractivity contribution >= 4 is 21.7 Å². The molecule has 0 aliphatic heterocycles. The van der Waals surface area contributed by atoms with Gasteiger partial charge in [-0.05, 0) is 48.1 Å². The first-order chi connectivity index (χ1) is 16.1. The number of pyridine rings is 1. The van der Waals surface area contributed by atoms with Gasteiger partial charge in [-0.15, -0.1) is 6.58 Å². The quantitative estimate of drug-likeness (QED) is 0.357. The molecule has 5 rings (SSSR count). The molecule has 0 radical (unpaired) electrons. The van der Waals surface area contributed by atoms with Crippen molar-refractivity contribution in [2.24, 2.45) is 0 Å². The van der Waals surface area contributed by atoms with E-state index >= 15 is 0 Å². The Kier molecular flexibility index (Phi) is 5.79. The number of hydrogen-bond acceptors (Lipinski definition) is 5. The molecule has 0 amide bonds. The zero-order chi connectivity index (χ0) is 22.9. The van der Waals surface area contributed by atoms with Gasteiger partial charge in [0.05, 0.1) is 35.5 Å². The number of nitrogens with zero attached hydrogens (tertiary/aromatic N) is 3. The van der Waals surface area contributed by atoms with Crippen molar-refractivity contribution in [3.63, 3.8) is 0 Å². The monoisotopic (exact) mass is 441 g/mol. The van der Waals surface area contributed by atoms with Crippen molar-refractivity contribution in [3.05, 3.63) is 94.8 Å². The lowest BCUT2D eigenvalue weighted by Gasteiger charge is -2.29. The first kappa shape index (κ1) is 21.5. The SMILES string of the molecule is C=CC(O)c1ccc(Cc2cc3c(=O)n(C4CCCCC4O)cnc3c3ccncc23)cc1. The summed E-state index contributed by atoms with van der Waals surface area (Å²) in [6.45, 7) is 3.63. The highest BCUT2D eigenvalue weighted by Crippen LogP contribution is 2.30. The average molecular weight is 442 g/mol. The Morgan fingerprint density at radius 3 is 2.67 bits per heavy atom. The van der Waals surface area contributed by atoms with Crippen LogP contribution in [0.25, 0.3) is 21.7 Å². The largest absolute Gasteiger partial charge is 0.391 e. The molecule has 1 fully saturated rings. The molecule has 2 N–H and O–H groups in total. The van der Waals surface area contributed by atoms with Crippen molar-refractivity contribution in [2.45, 2.75) is 50.4 Å². The molecule has 1 aliphatic rings. The summed E-state index contributed by atoms with van der Waals surface area (Å²) in [7, 11) is 0. The van der Waals surface area contributed by atoms with Gasteiger partial charge in [0.1, 0.15) is 0 Å². The molecular weight excluding hydrogens is 414 g/mol. The van der Waals surface area contributed by atoms with E-state index in [0.717, 1.165) is 46.7 Å². The molecule has 2 heterocycles. The third kappa shape index (κ3) is 3.96. The Labute approximate surface area is 191 Å². The Hall–Kier alpha value is -3.35. The number of hydrogen-bond donors (Lipinski definition) is 2. The van der Waals surface area contributed by atoms with E-state index < -0.39 is 12.2 Å². The molecule has 1 aliphatic carbocycles. The summed E-state index contributed by atoms with van der Waals surface area (Å²) in [6, 6.07) is 11.3. The fraction of sp³-hybridized carbons (Fsp3) is 0.296. The minimum Gasteiger partial charge on any atom is -0.391 e. The highest BCUT2D eigenvalue weighted by molar-refractivity contribution is 6.06. The summed E-state index contributed by atoms with van der Waals surface area (Å²) in [6.07, 6.45) is 9.49. The maximum atomic E-state index is 13.5. The first-order valence-electron chi connectivity index (χ1n) is 11.4. The molecule has 4 aromatic rings. The molecule has 3 atom stereocenters. The molecule has 1 saturated carbocycles. The Balaban J connectivity index is 1.62. The van der Waals surface area contributed by atoms with Gasteiger partial charge in [0, 0.05) is 23.2 Å². The van der Waals surface area contributed by atoms with E-state index in [1.807, 2.05) is 42.6 Å². The number of rotatable bonds is 5. The van der Waals surface area contributed by atoms with Crippen LogP contribution in [0.4, 0.5) is 0 Å². The minimum atomic E-state index is -0.690. The molecule has 0 spiro atoms. The predicted octanol–water partition coefficient (Wildman–Crippen LogP) is 4.23. The number of aromatic nitrogens is 3. The summed E-state index contributed by atoms with van der Waals surface area (Å²) in [5.41, 5.74) is 3.38. The Morgan fingerprint density at radius 2 is 1.91 bits per heavy atom. The lowest BCUT2D eigenvalue weighted by atomic mass is 9.92. The van der Waals surface area contributed by atoms with Crippen LogP contribution in [0, 0.1) is 0 Å². The number of fused-ring (bicyclic) bond motifs is 3. The van der Waals surface area contributed by atoms with Gasteiger partial charge in [-0.25, -0.2) is 4.98 Å². The molecule has 6 heteroatoms. The van der Waals surface area contributed by atoms with Crippen LogP contribution < -0.4 is 5.56 Å². The summed E-state index contributed by atoms with van der Waals surface area (Å²) < 4.78 is 1.62. The highest BCUT2D eigenvalue weighted by atomic mass is 16.3. The second-order valence-electron chi connectivity index (χ2n) is 8.83. The molecule has 3 unspecified atom stereocenters. The fourth-order valence-corrected chi connectivity index (χ4v) is 4.92. The molecule has 6 nitrogen and oxygen atoms in total. The van der Waals surface area contributed by atoms with Gasteiger partial charge in [0.2, 0.25) is 0 Å². The van der Waals surface area contributed by atoms with E-state index in [4.69, 9.17) is 0 Å². The minimum absolute atomic E-state index is 0.115. The van der Waals surface area contributed by atoms with Crippen LogP contribution in [0.15, 0.2) is 72.6 Å². The zero-order valence-electron chi connectivity index (χ0n) is 18.4. The van der Waals surface area contributed by atoms with Gasteiger partial charge in [-0.2, -0.15) is 0 Å². The smallest absolute Gasteiger partial charge is 0.261 e. The lowest BCUT2D eigenvalue weighted by molar-refractivity contribution is 0.0735. The van der Waals surface area contributed by atoms with E-state index in [-0.39, 0.29) is 11.6 Å². The molecule has 2 aromatic heterocycles. The van der Waals surface area contributed by atoms with Gasteiger partial charge in [0.15, 0.2) is 0 Å². The molecule has 168 valence electrons. The fourth-order valence-electron chi connectivity index (χ4n) is 4.92. The van der Waals surface area contributed by atoms with Crippen LogP contribution >= 0.6 is 0 Å². The van der Waals surface area contributed by atoms with Gasteiger partial charge in [-0.3, -0.25) is 14.3 Å². The van der Waals surface area contributed by atoms with E-state index in [2.05, 4.69) is 16.5 Å². The van der Waals surface area contributed by atoms with E-state index in [1.54, 1.807) is 17.1 Å². The molecular formula is C27H27N3O3. The van der Waals surface area contributed by atoms with Crippen molar-refractivity contribution < 1.29 is 10.2 Å². The molecule has 0 saturated heterocycles. The standard InChI is InChI=1S/C27H27N3O3/c1-2-24(31)18-9-7-17(8-10-18)13-19-14-21-26(20-11-12-28-15-22(19)20)29-16-30(27(21)33)23-5-3-4-6-25(23)32/h2,7-12,14-16,23-25,31-32H,1,3-6,13H2. The van der Waals surface area contributed by atoms with Crippen LogP contribution in [0.3, 0.4) is 0 Å². The lowest BCUT2D eigenvalue weighted by Crippen LogP contribution is -2.34. The van der Waals surface area contributed by atoms with E-state index in [1.165, 1.54) is 6.08 Å². The van der Waals surface area contributed by atoms with Crippen LogP contribution in [0.2, 0.25) is 0 Å². The summed E-state index contributed by atoms with van der Waals surface area (Å²) in [5, 5.41) is 22.9. The number of aliphatic hydroxyl groups is 2. The van der Waals surface area contributed by atoms with Crippen molar-refractivity contribution in [2.75, 3.05) is 0 Å². The van der Waals surface area contributed by atoms with Crippen LogP contribution in [0.1, 0.15) is 54.5 Å². The third-order valence-electron chi connectivity index (χ3n) is 6.76. The van der Waals surface area contributed by atoms with Gasteiger partial charge < -0.3 is 10.2 Å². The van der Waals surface area contributed by atoms with Crippen LogP contribution in [0.5, 0.6) is 0 Å². The summed E-state index contributed by atoms with van der Waals surface area (Å²) in [4.78, 5) is 22.5. The maximum Gasteiger partial charge on any atom is 0.261 e. The van der Waals surface area contributed by atoms with Crippen molar-refractivity contribution in [1.82, 2.24) is 14.5 Å². The normalized spacial score (nSPS) is 19.6. The van der Waals surface area contributed by atoms with Gasteiger partial charge in [0.25, 0.3) is 5.56 Å². The van der Waals surface area contributed by atoms with Crippen LogP contribution in [-0.2, 0) is 6.42 Å². The first-order valence-corrected chi connectivity index (χ1v) is 11.4. The maximum absolute atomic E-state index is 13.5. The Morgan fingerprint density at radius 1 is 1.12 bits per heavy atom. The van der Waals surface area contributed by atoms with E-state index in [9.17, 15) is 15.0 Å². The van der Waals surface area contributed by atoms with Crippen LogP contribution in [-0.4, -0.2) is 30.9 Å². The van der Waals surface area contributed by atoms with Crippen molar-refractivity contribution in [1.29, 1.82) is 0 Å². The van der Waals surface area contributed by atoms with E-state index in [0.29, 0.717) is 23.7 Å². The second kappa shape index (κ2) is 8.89. The number of benzene rings is 2. The topological polar surface area (TPSA) is 88.2 Å². The average Bonchev–Trinajstić information content (AvgIpc) is 2.85. The predicted molar refractivity (Wildman–Crippen MR) is 129 cm³/mol. The number of aliphatic hydroxyl groups excluding tert-OH is 2. The van der Waals surface area contributed by atoms with Gasteiger partial charge in [-0.1, -0.05) is 43.2 Å². The second-order valence-corrected chi connectivity index (χ2v) is 8.83. The summed E-state index contributed by atoms with van der Waals surface area (Å²) in [5.74, 6) is 0. The molecule has 33 heavy (non-hydrogen) atoms. The highest BCUT2D eigenvalue weighted by Gasteiger charge is 2.26. The zero-order valence-corrected chi connectivity index (χ0v) is 18.4. The van der Waals surface area contributed by atoms with Crippen molar-refractivity contribution in [3.8, 4) is 0 Å². The molecule has 2 aromatic carbocycles. The Bertz CT molecular complexity index is 1380. The third-order valence-corrected chi connectivity index (χ3v) is 6.76. The molecule has 0 bridgehead atoms.